The zero-order valence-corrected chi connectivity index (χ0v) is 15.7. The minimum atomic E-state index is -3.89. The van der Waals surface area contributed by atoms with Gasteiger partial charge in [0.05, 0.1) is 0 Å². The second-order valence-electron chi connectivity index (χ2n) is 6.18. The maximum absolute atomic E-state index is 12.3. The molecule has 142 valence electrons. The number of carbonyl (C=O) groups is 2. The molecule has 3 amide bonds. The van der Waals surface area contributed by atoms with Crippen molar-refractivity contribution in [1.29, 1.82) is 0 Å². The lowest BCUT2D eigenvalue weighted by molar-refractivity contribution is -0.122. The first-order valence-corrected chi connectivity index (χ1v) is 9.86. The Labute approximate surface area is 160 Å². The van der Waals surface area contributed by atoms with Gasteiger partial charge in [-0.3, -0.25) is 14.8 Å². The molecule has 0 spiro atoms. The van der Waals surface area contributed by atoms with E-state index in [0.29, 0.717) is 22.2 Å². The van der Waals surface area contributed by atoms with Gasteiger partial charge in [0, 0.05) is 10.7 Å². The van der Waals surface area contributed by atoms with E-state index in [-0.39, 0.29) is 0 Å². The number of hydrogen-bond acceptors (Lipinski definition) is 5. The van der Waals surface area contributed by atoms with Gasteiger partial charge in [-0.05, 0) is 55.5 Å². The highest BCUT2D eigenvalue weighted by molar-refractivity contribution is 7.92. The van der Waals surface area contributed by atoms with Gasteiger partial charge < -0.3 is 10.1 Å². The van der Waals surface area contributed by atoms with Gasteiger partial charge in [-0.2, -0.15) is 0 Å². The van der Waals surface area contributed by atoms with Crippen LogP contribution in [0, 0.1) is 0 Å². The molecule has 27 heavy (non-hydrogen) atoms. The summed E-state index contributed by atoms with van der Waals surface area (Å²) >= 11 is 5.82. The second-order valence-corrected chi connectivity index (χ2v) is 8.34. The van der Waals surface area contributed by atoms with Crippen molar-refractivity contribution in [2.45, 2.75) is 12.5 Å². The van der Waals surface area contributed by atoms with Crippen molar-refractivity contribution in [1.82, 2.24) is 10.6 Å². The molecule has 1 unspecified atom stereocenters. The monoisotopic (exact) mass is 409 g/mol. The molecule has 1 saturated heterocycles. The molecular weight excluding hydrogens is 394 g/mol. The minimum absolute atomic E-state index is 0.298. The third kappa shape index (κ3) is 4.69. The zero-order valence-electron chi connectivity index (χ0n) is 14.2. The Morgan fingerprint density at radius 3 is 2.11 bits per heavy atom. The number of hydrogen-bond donors (Lipinski definition) is 3. The standard InChI is InChI=1S/C17H16ClN3O5S/c1-17(15(22)19-16(23)20-17)10-27(24,25)21-12-4-8-14(9-5-12)26-13-6-2-11(18)3-7-13/h2-9,21H,10H2,1H3,(H2,19,20,22,23). The molecule has 3 N–H and O–H groups in total. The highest BCUT2D eigenvalue weighted by atomic mass is 35.5. The minimum Gasteiger partial charge on any atom is -0.457 e. The summed E-state index contributed by atoms with van der Waals surface area (Å²) in [5, 5.41) is 4.93. The van der Waals surface area contributed by atoms with E-state index in [2.05, 4.69) is 10.0 Å². The van der Waals surface area contributed by atoms with Crippen molar-refractivity contribution in [3.05, 3.63) is 53.6 Å². The van der Waals surface area contributed by atoms with Crippen LogP contribution in [0.3, 0.4) is 0 Å². The molecule has 0 radical (unpaired) electrons. The van der Waals surface area contributed by atoms with E-state index in [9.17, 15) is 18.0 Å². The van der Waals surface area contributed by atoms with E-state index >= 15 is 0 Å². The summed E-state index contributed by atoms with van der Waals surface area (Å²) in [6.45, 7) is 1.34. The van der Waals surface area contributed by atoms with E-state index < -0.39 is 33.3 Å². The smallest absolute Gasteiger partial charge is 0.322 e. The Kier molecular flexibility index (Phi) is 4.99. The topological polar surface area (TPSA) is 114 Å². The van der Waals surface area contributed by atoms with Gasteiger partial charge in [0.25, 0.3) is 5.91 Å². The van der Waals surface area contributed by atoms with Gasteiger partial charge >= 0.3 is 6.03 Å². The number of carbonyl (C=O) groups excluding carboxylic acids is 2. The molecule has 10 heteroatoms. The molecule has 1 aliphatic heterocycles. The molecule has 0 aromatic heterocycles. The van der Waals surface area contributed by atoms with Gasteiger partial charge in [0.15, 0.2) is 0 Å². The van der Waals surface area contributed by atoms with E-state index in [4.69, 9.17) is 16.3 Å². The molecular formula is C17H16ClN3O5S. The number of sulfonamides is 1. The van der Waals surface area contributed by atoms with Gasteiger partial charge in [-0.1, -0.05) is 11.6 Å². The van der Waals surface area contributed by atoms with Gasteiger partial charge in [0.2, 0.25) is 10.0 Å². The fourth-order valence-electron chi connectivity index (χ4n) is 2.51. The predicted octanol–water partition coefficient (Wildman–Crippen LogP) is 2.47. The third-order valence-electron chi connectivity index (χ3n) is 3.77. The van der Waals surface area contributed by atoms with Crippen LogP contribution in [0.25, 0.3) is 0 Å². The Hall–Kier alpha value is -2.78. The fraction of sp³-hybridized carbons (Fsp3) is 0.176. The Bertz CT molecular complexity index is 977. The molecule has 1 heterocycles. The van der Waals surface area contributed by atoms with E-state index in [1.54, 1.807) is 36.4 Å². The number of anilines is 1. The van der Waals surface area contributed by atoms with Gasteiger partial charge in [0.1, 0.15) is 22.8 Å². The summed E-state index contributed by atoms with van der Waals surface area (Å²) in [5.41, 5.74) is -1.23. The molecule has 1 fully saturated rings. The number of ether oxygens (including phenoxy) is 1. The molecule has 8 nitrogen and oxygen atoms in total. The Morgan fingerprint density at radius 2 is 1.59 bits per heavy atom. The fourth-order valence-corrected chi connectivity index (χ4v) is 4.16. The number of urea groups is 1. The van der Waals surface area contributed by atoms with Crippen LogP contribution in [0.15, 0.2) is 48.5 Å². The molecule has 3 rings (SSSR count). The van der Waals surface area contributed by atoms with Gasteiger partial charge in [-0.25, -0.2) is 13.2 Å². The molecule has 0 aliphatic carbocycles. The van der Waals surface area contributed by atoms with Crippen LogP contribution in [0.1, 0.15) is 6.92 Å². The number of amides is 3. The lowest BCUT2D eigenvalue weighted by Gasteiger charge is -2.20. The maximum Gasteiger partial charge on any atom is 0.322 e. The average Bonchev–Trinajstić information content (AvgIpc) is 2.82. The van der Waals surface area contributed by atoms with E-state index in [1.165, 1.54) is 19.1 Å². The van der Waals surface area contributed by atoms with Crippen LogP contribution in [0.5, 0.6) is 11.5 Å². The molecule has 0 saturated carbocycles. The second kappa shape index (κ2) is 7.09. The van der Waals surface area contributed by atoms with E-state index in [1.807, 2.05) is 5.32 Å². The summed E-state index contributed by atoms with van der Waals surface area (Å²) in [5.74, 6) is -0.191. The van der Waals surface area contributed by atoms with Crippen LogP contribution in [0.4, 0.5) is 10.5 Å². The zero-order chi connectivity index (χ0) is 19.7. The average molecular weight is 410 g/mol. The van der Waals surface area contributed by atoms with Crippen LogP contribution >= 0.6 is 11.6 Å². The number of halogens is 1. The first kappa shape index (κ1) is 19.0. The van der Waals surface area contributed by atoms with Crippen molar-refractivity contribution in [2.24, 2.45) is 0 Å². The maximum atomic E-state index is 12.3. The van der Waals surface area contributed by atoms with Crippen molar-refractivity contribution in [2.75, 3.05) is 10.5 Å². The summed E-state index contributed by atoms with van der Waals surface area (Å²) in [6, 6.07) is 12.3. The SMILES string of the molecule is CC1(CS(=O)(=O)Nc2ccc(Oc3ccc(Cl)cc3)cc2)NC(=O)NC1=O. The van der Waals surface area contributed by atoms with Crippen LogP contribution in [-0.4, -0.2) is 31.6 Å². The largest absolute Gasteiger partial charge is 0.457 e. The summed E-state index contributed by atoms with van der Waals surface area (Å²) < 4.78 is 32.7. The first-order chi connectivity index (χ1) is 12.7. The number of imide groups is 1. The van der Waals surface area contributed by atoms with Crippen molar-refractivity contribution >= 4 is 39.2 Å². The van der Waals surface area contributed by atoms with Crippen LogP contribution in [-0.2, 0) is 14.8 Å². The molecule has 2 aromatic rings. The Balaban J connectivity index is 1.66. The molecule has 0 bridgehead atoms. The predicted molar refractivity (Wildman–Crippen MR) is 100 cm³/mol. The number of rotatable bonds is 6. The molecule has 1 aliphatic rings. The third-order valence-corrected chi connectivity index (χ3v) is 5.53. The summed E-state index contributed by atoms with van der Waals surface area (Å²) in [4.78, 5) is 23.0. The lowest BCUT2D eigenvalue weighted by Crippen LogP contribution is -2.50. The van der Waals surface area contributed by atoms with Gasteiger partial charge in [-0.15, -0.1) is 0 Å². The highest BCUT2D eigenvalue weighted by Crippen LogP contribution is 2.25. The van der Waals surface area contributed by atoms with Crippen LogP contribution in [0.2, 0.25) is 5.02 Å². The first-order valence-electron chi connectivity index (χ1n) is 7.83. The van der Waals surface area contributed by atoms with Crippen LogP contribution < -0.4 is 20.1 Å². The molecule has 1 atom stereocenters. The quantitative estimate of drug-likeness (QED) is 0.634. The Morgan fingerprint density at radius 1 is 1.04 bits per heavy atom. The van der Waals surface area contributed by atoms with Crippen molar-refractivity contribution in [3.63, 3.8) is 0 Å². The van der Waals surface area contributed by atoms with Crippen molar-refractivity contribution < 1.29 is 22.7 Å². The summed E-state index contributed by atoms with van der Waals surface area (Å²) in [6.07, 6.45) is 0. The number of benzene rings is 2. The number of nitrogens with one attached hydrogen (secondary N) is 3. The lowest BCUT2D eigenvalue weighted by atomic mass is 10.1. The highest BCUT2D eigenvalue weighted by Gasteiger charge is 2.45. The normalized spacial score (nSPS) is 19.3. The molecule has 2 aromatic carbocycles. The summed E-state index contributed by atoms with van der Waals surface area (Å²) in [7, 11) is -3.89. The van der Waals surface area contributed by atoms with Crippen molar-refractivity contribution in [3.8, 4) is 11.5 Å². The van der Waals surface area contributed by atoms with E-state index in [0.717, 1.165) is 0 Å².